The molecule has 84 valence electrons. The summed E-state index contributed by atoms with van der Waals surface area (Å²) >= 11 is 0.112. The fraction of sp³-hybridized carbons (Fsp3) is 1.00. The molecule has 0 spiro atoms. The Bertz CT molecular complexity index is 145. The summed E-state index contributed by atoms with van der Waals surface area (Å²) in [6, 6.07) is 0. The molecule has 0 radical (unpaired) electrons. The number of rotatable bonds is 4. The van der Waals surface area contributed by atoms with Crippen LogP contribution < -0.4 is 0 Å². The van der Waals surface area contributed by atoms with Gasteiger partial charge in [0.2, 0.25) is 0 Å². The second kappa shape index (κ2) is 6.60. The molecule has 0 aliphatic heterocycles. The van der Waals surface area contributed by atoms with Crippen molar-refractivity contribution in [1.29, 1.82) is 0 Å². The molecule has 0 aromatic heterocycles. The van der Waals surface area contributed by atoms with Crippen molar-refractivity contribution in [2.24, 2.45) is 11.3 Å². The fourth-order valence-electron chi connectivity index (χ4n) is 2.20. The van der Waals surface area contributed by atoms with Gasteiger partial charge in [-0.05, 0) is 5.41 Å². The van der Waals surface area contributed by atoms with Crippen LogP contribution >= 0.6 is 12.4 Å². The van der Waals surface area contributed by atoms with Gasteiger partial charge in [0.15, 0.2) is 0 Å². The minimum atomic E-state index is 0. The standard InChI is InChI=1S/C8H17.C4H9.ClH.Mg/c1-7(2)6-8(3,4)5;1-4(2)3;;/h6H2,1-5H3;4H,1H2,2-3H3;1H;. The maximum Gasteiger partial charge on any atom is 0.373 e. The summed E-state index contributed by atoms with van der Waals surface area (Å²) in [5.74, 6) is 0.908. The highest BCUT2D eigenvalue weighted by atomic mass is 35.5. The Hall–Kier alpha value is 1.06. The van der Waals surface area contributed by atoms with Crippen molar-refractivity contribution in [3.63, 3.8) is 0 Å². The van der Waals surface area contributed by atoms with Crippen molar-refractivity contribution >= 4 is 32.8 Å². The number of hydrogen-bond acceptors (Lipinski definition) is 0. The molecule has 0 saturated carbocycles. The smallest absolute Gasteiger partial charge is 0.147 e. The molecule has 0 N–H and O–H groups in total. The van der Waals surface area contributed by atoms with Crippen molar-refractivity contribution in [2.75, 3.05) is 0 Å². The van der Waals surface area contributed by atoms with Gasteiger partial charge in [0.05, 0.1) is 0 Å². The number of hydrogen-bond donors (Lipinski definition) is 0. The third kappa shape index (κ3) is 11.1. The van der Waals surface area contributed by atoms with Crippen molar-refractivity contribution < 1.29 is 0 Å². The van der Waals surface area contributed by atoms with Gasteiger partial charge in [-0.3, -0.25) is 0 Å². The van der Waals surface area contributed by atoms with Gasteiger partial charge in [0, 0.05) is 0 Å². The van der Waals surface area contributed by atoms with Crippen molar-refractivity contribution in [2.45, 2.75) is 63.0 Å². The van der Waals surface area contributed by atoms with Crippen LogP contribution in [-0.4, -0.2) is 20.4 Å². The van der Waals surface area contributed by atoms with Crippen LogP contribution in [0.1, 0.15) is 54.9 Å². The monoisotopic (exact) mass is 230 g/mol. The highest BCUT2D eigenvalue weighted by Gasteiger charge is 2.26. The third-order valence-corrected chi connectivity index (χ3v) is 5.45. The van der Waals surface area contributed by atoms with Gasteiger partial charge in [0.25, 0.3) is 0 Å². The van der Waals surface area contributed by atoms with E-state index in [1.165, 1.54) is 11.0 Å². The molecule has 0 aliphatic carbocycles. The molecule has 0 bridgehead atoms. The summed E-state index contributed by atoms with van der Waals surface area (Å²) in [4.78, 5) is 0. The second-order valence-electron chi connectivity index (χ2n) is 6.83. The predicted octanol–water partition coefficient (Wildman–Crippen LogP) is 4.82. The summed E-state index contributed by atoms with van der Waals surface area (Å²) < 4.78 is 2.16. The first-order valence-corrected chi connectivity index (χ1v) is 7.33. The second-order valence-corrected chi connectivity index (χ2v) is 9.83. The zero-order valence-electron chi connectivity index (χ0n) is 11.1. The Morgan fingerprint density at radius 2 is 1.43 bits per heavy atom. The van der Waals surface area contributed by atoms with E-state index in [0.717, 1.165) is 5.92 Å². The highest BCUT2D eigenvalue weighted by molar-refractivity contribution is 6.39. The Balaban J connectivity index is 0. The van der Waals surface area contributed by atoms with E-state index in [2.05, 4.69) is 48.5 Å². The molecular formula is C12H27ClMg. The third-order valence-electron chi connectivity index (χ3n) is 2.41. The first-order valence-electron chi connectivity index (χ1n) is 5.62. The molecule has 0 nitrogen and oxygen atoms in total. The molecule has 14 heavy (non-hydrogen) atoms. The molecule has 0 fully saturated rings. The summed E-state index contributed by atoms with van der Waals surface area (Å²) in [5.41, 5.74) is 0.507. The van der Waals surface area contributed by atoms with Gasteiger partial charge >= 0.3 is 20.4 Å². The summed E-state index contributed by atoms with van der Waals surface area (Å²) in [5, 5.41) is 0. The highest BCUT2D eigenvalue weighted by Crippen LogP contribution is 2.38. The lowest BCUT2D eigenvalue weighted by atomic mass is 9.85. The van der Waals surface area contributed by atoms with Crippen molar-refractivity contribution in [3.05, 3.63) is 0 Å². The molecule has 0 aromatic rings. The first kappa shape index (κ1) is 17.5. The van der Waals surface area contributed by atoms with Crippen LogP contribution in [0.25, 0.3) is 0 Å². The van der Waals surface area contributed by atoms with Gasteiger partial charge in [0.1, 0.15) is 0 Å². The lowest BCUT2D eigenvalue weighted by Crippen LogP contribution is -2.21. The van der Waals surface area contributed by atoms with Gasteiger partial charge in [-0.2, -0.15) is 0 Å². The average Bonchev–Trinajstić information content (AvgIpc) is 1.78. The van der Waals surface area contributed by atoms with Crippen LogP contribution in [0.15, 0.2) is 0 Å². The normalized spacial score (nSPS) is 12.3. The Morgan fingerprint density at radius 1 is 1.00 bits per heavy atom. The van der Waals surface area contributed by atoms with E-state index < -0.39 is 0 Å². The molecule has 0 atom stereocenters. The van der Waals surface area contributed by atoms with E-state index in [1.54, 1.807) is 0 Å². The summed E-state index contributed by atoms with van der Waals surface area (Å²) in [6.45, 7) is 16.7. The minimum Gasteiger partial charge on any atom is -0.147 e. The zero-order valence-corrected chi connectivity index (χ0v) is 13.3. The van der Waals surface area contributed by atoms with Gasteiger partial charge < -0.3 is 0 Å². The van der Waals surface area contributed by atoms with E-state index >= 15 is 0 Å². The van der Waals surface area contributed by atoms with Crippen molar-refractivity contribution in [1.82, 2.24) is 0 Å². The lowest BCUT2D eigenvalue weighted by molar-refractivity contribution is 0.327. The average molecular weight is 231 g/mol. The van der Waals surface area contributed by atoms with E-state index in [0.29, 0.717) is 8.96 Å². The molecule has 0 saturated heterocycles. The topological polar surface area (TPSA) is 0 Å². The summed E-state index contributed by atoms with van der Waals surface area (Å²) in [7, 11) is 0. The molecule has 0 heterocycles. The first-order chi connectivity index (χ1) is 5.62. The molecule has 0 rings (SSSR count). The molecule has 0 aliphatic rings. The maximum absolute atomic E-state index is 2.47. The fourth-order valence-corrected chi connectivity index (χ4v) is 4.49. The van der Waals surface area contributed by atoms with Crippen LogP contribution in [0.2, 0.25) is 8.09 Å². The van der Waals surface area contributed by atoms with Gasteiger partial charge in [-0.25, -0.2) is 0 Å². The quantitative estimate of drug-likeness (QED) is 0.608. The maximum atomic E-state index is 2.47. The van der Waals surface area contributed by atoms with Crippen molar-refractivity contribution in [3.8, 4) is 0 Å². The Kier molecular flexibility index (Phi) is 8.22. The molecule has 2 heteroatoms. The van der Waals surface area contributed by atoms with Crippen LogP contribution in [0, 0.1) is 11.3 Å². The Morgan fingerprint density at radius 3 is 1.71 bits per heavy atom. The van der Waals surface area contributed by atoms with Crippen LogP contribution in [0.3, 0.4) is 0 Å². The predicted molar refractivity (Wildman–Crippen MR) is 70.8 cm³/mol. The van der Waals surface area contributed by atoms with E-state index in [1.807, 2.05) is 0 Å². The SMILES string of the molecule is CC(C)[CH2][Mg][C](C)(C)CC(C)(C)C.Cl. The van der Waals surface area contributed by atoms with Gasteiger partial charge in [-0.15, -0.1) is 20.5 Å². The van der Waals surface area contributed by atoms with E-state index in [-0.39, 0.29) is 32.8 Å². The summed E-state index contributed by atoms with van der Waals surface area (Å²) in [6.07, 6.45) is 1.39. The number of halogens is 1. The van der Waals surface area contributed by atoms with Crippen LogP contribution in [0.4, 0.5) is 0 Å². The van der Waals surface area contributed by atoms with E-state index in [4.69, 9.17) is 0 Å². The molecule has 0 aromatic carbocycles. The lowest BCUT2D eigenvalue weighted by Gasteiger charge is -2.33. The molecular weight excluding hydrogens is 204 g/mol. The molecule has 0 unspecified atom stereocenters. The van der Waals surface area contributed by atoms with Crippen LogP contribution in [0.5, 0.6) is 0 Å². The van der Waals surface area contributed by atoms with Gasteiger partial charge in [-0.1, -0.05) is 60.8 Å². The zero-order chi connectivity index (χ0) is 10.7. The molecule has 0 amide bonds. The minimum absolute atomic E-state index is 0. The largest absolute Gasteiger partial charge is 0.373 e. The Labute approximate surface area is 107 Å². The van der Waals surface area contributed by atoms with Crippen LogP contribution in [-0.2, 0) is 0 Å². The van der Waals surface area contributed by atoms with E-state index in [9.17, 15) is 0 Å².